The average molecular weight is 685 g/mol. The van der Waals surface area contributed by atoms with Crippen molar-refractivity contribution in [3.63, 3.8) is 0 Å². The molecule has 2 saturated heterocycles. The van der Waals surface area contributed by atoms with E-state index in [1.54, 1.807) is 17.0 Å². The largest absolute Gasteiger partial charge is 0.433 e. The van der Waals surface area contributed by atoms with Gasteiger partial charge in [-0.3, -0.25) is 30.8 Å². The first kappa shape index (κ1) is 32.7. The molecular formula is C32H33F3N7O3S2+. The van der Waals surface area contributed by atoms with E-state index in [0.717, 1.165) is 10.8 Å². The Balaban J connectivity index is 1.23. The van der Waals surface area contributed by atoms with E-state index in [0.29, 0.717) is 48.0 Å². The molecule has 2 aliphatic heterocycles. The fraction of sp³-hybridized carbons (Fsp3) is 0.375. The first-order valence-electron chi connectivity index (χ1n) is 15.1. The Morgan fingerprint density at radius 2 is 1.91 bits per heavy atom. The van der Waals surface area contributed by atoms with Crippen molar-refractivity contribution >= 4 is 67.8 Å². The fourth-order valence-electron chi connectivity index (χ4n) is 6.24. The van der Waals surface area contributed by atoms with Crippen LogP contribution in [0.15, 0.2) is 54.6 Å². The number of carbonyl (C=O) groups excluding carboxylic acids is 3. The van der Waals surface area contributed by atoms with Gasteiger partial charge in [-0.05, 0) is 68.5 Å². The lowest BCUT2D eigenvalue weighted by Crippen LogP contribution is -2.78. The number of pyridine rings is 1. The Hall–Kier alpha value is -4.24. The highest BCUT2D eigenvalue weighted by atomic mass is 32.2. The van der Waals surface area contributed by atoms with Crippen LogP contribution in [0.25, 0.3) is 21.1 Å². The predicted octanol–water partition coefficient (Wildman–Crippen LogP) is 2.90. The predicted molar refractivity (Wildman–Crippen MR) is 175 cm³/mol. The first-order valence-corrected chi connectivity index (χ1v) is 16.9. The number of halogens is 3. The molecule has 10 nitrogen and oxygen atoms in total. The Morgan fingerprint density at radius 1 is 1.13 bits per heavy atom. The molecule has 6 rings (SSSR count). The number of alkyl halides is 3. The van der Waals surface area contributed by atoms with Crippen molar-refractivity contribution in [2.75, 3.05) is 12.3 Å². The van der Waals surface area contributed by atoms with E-state index in [9.17, 15) is 27.6 Å². The monoisotopic (exact) mass is 684 g/mol. The number of amides is 2. The van der Waals surface area contributed by atoms with Gasteiger partial charge in [-0.1, -0.05) is 24.3 Å². The van der Waals surface area contributed by atoms with E-state index in [2.05, 4.69) is 20.3 Å². The van der Waals surface area contributed by atoms with E-state index in [1.165, 1.54) is 35.2 Å². The van der Waals surface area contributed by atoms with Crippen molar-refractivity contribution in [1.82, 2.24) is 20.2 Å². The quantitative estimate of drug-likeness (QED) is 0.0908. The number of thioether (sulfide) groups is 1. The second-order valence-electron chi connectivity index (χ2n) is 11.9. The number of benzene rings is 2. The topological polar surface area (TPSA) is 158 Å². The third-order valence-electron chi connectivity index (χ3n) is 8.65. The molecule has 246 valence electrons. The van der Waals surface area contributed by atoms with Crippen LogP contribution in [-0.2, 0) is 15.8 Å². The van der Waals surface area contributed by atoms with Crippen LogP contribution in [0.2, 0.25) is 0 Å². The second kappa shape index (κ2) is 12.8. The number of nitrogens with one attached hydrogen (secondary N) is 2. The molecule has 47 heavy (non-hydrogen) atoms. The molecule has 15 heteroatoms. The van der Waals surface area contributed by atoms with Gasteiger partial charge in [0.2, 0.25) is 17.6 Å². The van der Waals surface area contributed by atoms with E-state index in [-0.39, 0.29) is 34.6 Å². The van der Waals surface area contributed by atoms with E-state index >= 15 is 0 Å². The number of piperidine rings is 1. The van der Waals surface area contributed by atoms with Crippen LogP contribution in [0.4, 0.5) is 13.2 Å². The molecule has 0 bridgehead atoms. The second-order valence-corrected chi connectivity index (χ2v) is 14.4. The maximum absolute atomic E-state index is 14.1. The summed E-state index contributed by atoms with van der Waals surface area (Å²) in [6, 6.07) is 12.8. The summed E-state index contributed by atoms with van der Waals surface area (Å²) in [5.41, 5.74) is 11.6. The van der Waals surface area contributed by atoms with Gasteiger partial charge in [-0.2, -0.15) is 13.2 Å². The van der Waals surface area contributed by atoms with Gasteiger partial charge in [0, 0.05) is 11.1 Å². The number of Topliss-reactive ketones (excluding diaryl/α,β-unsaturated/α-hetero) is 1. The van der Waals surface area contributed by atoms with Crippen molar-refractivity contribution in [1.29, 1.82) is 0 Å². The molecule has 2 fully saturated rings. The van der Waals surface area contributed by atoms with Crippen molar-refractivity contribution in [2.45, 2.75) is 61.7 Å². The molecule has 6 N–H and O–H groups in total. The minimum absolute atomic E-state index is 0.0530. The zero-order valence-corrected chi connectivity index (χ0v) is 27.0. The van der Waals surface area contributed by atoms with E-state index in [4.69, 9.17) is 11.5 Å². The average Bonchev–Trinajstić information content (AvgIpc) is 3.63. The van der Waals surface area contributed by atoms with Gasteiger partial charge in [0.1, 0.15) is 11.7 Å². The summed E-state index contributed by atoms with van der Waals surface area (Å²) in [6.45, 7) is 2.33. The summed E-state index contributed by atoms with van der Waals surface area (Å²) in [5.74, 6) is -1.18. The molecule has 2 aromatic heterocycles. The number of carbonyl (C=O) groups is 3. The number of fused-ring (bicyclic) bond motifs is 3. The van der Waals surface area contributed by atoms with Crippen LogP contribution in [0.1, 0.15) is 59.6 Å². The molecule has 1 unspecified atom stereocenters. The molecule has 4 heterocycles. The highest BCUT2D eigenvalue weighted by Crippen LogP contribution is 2.49. The SMILES string of the molecule is C[C@]12CC[C@@H](c3ccc4nc(C(F)(F)F)ccc4c3)C(=O)N1[C@H](C(=O)NC(CCC[NH+]=C(N)N)C(=O)c1nc3ccccc3s1)CS2. The van der Waals surface area contributed by atoms with Crippen LogP contribution >= 0.6 is 23.1 Å². The Morgan fingerprint density at radius 3 is 2.66 bits per heavy atom. The van der Waals surface area contributed by atoms with Crippen LogP contribution < -0.4 is 21.8 Å². The number of nitrogens with zero attached hydrogens (tertiary/aromatic N) is 3. The molecule has 0 saturated carbocycles. The number of para-hydroxylation sites is 1. The van der Waals surface area contributed by atoms with Crippen molar-refractivity contribution in [3.8, 4) is 0 Å². The smallest absolute Gasteiger partial charge is 0.344 e. The maximum atomic E-state index is 14.1. The number of nitrogens with two attached hydrogens (primary N) is 2. The number of ketones is 1. The summed E-state index contributed by atoms with van der Waals surface area (Å²) in [5, 5.41) is 3.70. The van der Waals surface area contributed by atoms with Gasteiger partial charge in [-0.15, -0.1) is 23.1 Å². The maximum Gasteiger partial charge on any atom is 0.433 e. The molecule has 2 aromatic carbocycles. The molecule has 4 atom stereocenters. The van der Waals surface area contributed by atoms with E-state index < -0.39 is 40.6 Å². The van der Waals surface area contributed by atoms with Crippen LogP contribution in [-0.4, -0.2) is 67.7 Å². The normalized spacial score (nSPS) is 21.9. The zero-order valence-electron chi connectivity index (χ0n) is 25.3. The highest BCUT2D eigenvalue weighted by Gasteiger charge is 2.54. The number of thiazole rings is 1. The molecular weight excluding hydrogens is 652 g/mol. The molecule has 2 aliphatic rings. The van der Waals surface area contributed by atoms with Gasteiger partial charge < -0.3 is 10.2 Å². The first-order chi connectivity index (χ1) is 22.3. The van der Waals surface area contributed by atoms with Gasteiger partial charge in [0.15, 0.2) is 5.01 Å². The molecule has 0 aliphatic carbocycles. The summed E-state index contributed by atoms with van der Waals surface area (Å²) in [7, 11) is 0. The fourth-order valence-corrected chi connectivity index (χ4v) is 8.63. The molecule has 0 spiro atoms. The minimum atomic E-state index is -4.56. The van der Waals surface area contributed by atoms with Crippen molar-refractivity contribution in [2.24, 2.45) is 11.5 Å². The molecule has 4 aromatic rings. The molecule has 2 amide bonds. The summed E-state index contributed by atoms with van der Waals surface area (Å²) < 4.78 is 40.4. The lowest BCUT2D eigenvalue weighted by atomic mass is 9.85. The third-order valence-corrected chi connectivity index (χ3v) is 11.2. The highest BCUT2D eigenvalue weighted by molar-refractivity contribution is 8.00. The standard InChI is InChI=1S/C32H32F3N7O3S2/c1-31-13-12-19(17-8-10-20-18(15-17)9-11-25(39-20)32(33,34)35)29(45)42(31)23(16-46-31)27(44)40-22(6-4-14-38-30(36)37)26(43)28-41-21-5-2-3-7-24(21)47-28/h2-3,5,7-11,15,19,22-23H,4,6,12-14,16H2,1H3,(H,40,44)(H4,36,37,38)/p+1/t19-,22?,23-,31-/m0/s1. The number of guanidine groups is 1. The van der Waals surface area contributed by atoms with Crippen LogP contribution in [0, 0.1) is 0 Å². The van der Waals surface area contributed by atoms with Gasteiger partial charge >= 0.3 is 12.1 Å². The van der Waals surface area contributed by atoms with Gasteiger partial charge in [0.05, 0.1) is 39.1 Å². The number of hydrogen-bond acceptors (Lipinski definition) is 7. The van der Waals surface area contributed by atoms with Crippen molar-refractivity contribution in [3.05, 3.63) is 70.9 Å². The number of rotatable bonds is 9. The van der Waals surface area contributed by atoms with Gasteiger partial charge in [-0.25, -0.2) is 9.97 Å². The van der Waals surface area contributed by atoms with Crippen molar-refractivity contribution < 1.29 is 32.5 Å². The number of aromatic nitrogens is 2. The Bertz CT molecular complexity index is 1860. The summed E-state index contributed by atoms with van der Waals surface area (Å²) >= 11 is 2.78. The molecule has 0 radical (unpaired) electrons. The minimum Gasteiger partial charge on any atom is -0.344 e. The number of hydrogen-bond donors (Lipinski definition) is 4. The lowest BCUT2D eigenvalue weighted by Gasteiger charge is -2.44. The van der Waals surface area contributed by atoms with Crippen LogP contribution in [0.3, 0.4) is 0 Å². The van der Waals surface area contributed by atoms with Gasteiger partial charge in [0.25, 0.3) is 0 Å². The zero-order chi connectivity index (χ0) is 33.5. The lowest BCUT2D eigenvalue weighted by molar-refractivity contribution is -0.459. The third kappa shape index (κ3) is 6.63. The summed E-state index contributed by atoms with van der Waals surface area (Å²) in [6.07, 6.45) is -2.68. The van der Waals surface area contributed by atoms with E-state index in [1.807, 2.05) is 31.2 Å². The Kier molecular flexibility index (Phi) is 8.87. The summed E-state index contributed by atoms with van der Waals surface area (Å²) in [4.78, 5) is 53.8. The Labute approximate surface area is 276 Å². The van der Waals surface area contributed by atoms with Crippen LogP contribution in [0.5, 0.6) is 0 Å².